The zero-order valence-corrected chi connectivity index (χ0v) is 17.8. The molecule has 1 aromatic heterocycles. The average Bonchev–Trinajstić information content (AvgIpc) is 3.23. The Kier molecular flexibility index (Phi) is 7.06. The summed E-state index contributed by atoms with van der Waals surface area (Å²) in [6.07, 6.45) is 0.622. The van der Waals surface area contributed by atoms with Crippen molar-refractivity contribution in [1.29, 1.82) is 0 Å². The number of rotatable bonds is 8. The van der Waals surface area contributed by atoms with Gasteiger partial charge in [0.2, 0.25) is 0 Å². The molecule has 1 aromatic carbocycles. The van der Waals surface area contributed by atoms with Crippen molar-refractivity contribution >= 4 is 23.3 Å². The molecule has 0 fully saturated rings. The smallest absolute Gasteiger partial charge is 0.338 e. The minimum Gasteiger partial charge on any atom is -0.463 e. The first kappa shape index (κ1) is 21.1. The second-order valence-electron chi connectivity index (χ2n) is 7.02. The van der Waals surface area contributed by atoms with Crippen molar-refractivity contribution in [2.45, 2.75) is 39.3 Å². The van der Waals surface area contributed by atoms with E-state index in [9.17, 15) is 9.59 Å². The number of nitrogens with two attached hydrogens (primary N) is 1. The van der Waals surface area contributed by atoms with Crippen molar-refractivity contribution in [1.82, 2.24) is 10.6 Å². The van der Waals surface area contributed by atoms with Gasteiger partial charge in [0.05, 0.1) is 28.8 Å². The van der Waals surface area contributed by atoms with E-state index in [0.29, 0.717) is 30.8 Å². The topological polar surface area (TPSA) is 84.0 Å². The molecule has 0 radical (unpaired) electrons. The van der Waals surface area contributed by atoms with Gasteiger partial charge in [-0.1, -0.05) is 42.8 Å². The monoisotopic (exact) mass is 414 g/mol. The van der Waals surface area contributed by atoms with Crippen LogP contribution in [0.15, 0.2) is 53.0 Å². The maximum Gasteiger partial charge on any atom is 0.338 e. The average molecular weight is 415 g/mol. The van der Waals surface area contributed by atoms with Crippen LogP contribution in [0.4, 0.5) is 4.79 Å². The molecule has 29 heavy (non-hydrogen) atoms. The fourth-order valence-corrected chi connectivity index (χ4v) is 4.37. The van der Waals surface area contributed by atoms with Crippen LogP contribution in [0.25, 0.3) is 0 Å². The van der Waals surface area contributed by atoms with Crippen molar-refractivity contribution in [2.24, 2.45) is 0 Å². The Morgan fingerprint density at radius 3 is 2.62 bits per heavy atom. The van der Waals surface area contributed by atoms with E-state index in [1.165, 1.54) is 16.0 Å². The first-order valence-electron chi connectivity index (χ1n) is 9.94. The summed E-state index contributed by atoms with van der Waals surface area (Å²) in [6, 6.07) is 12.1. The maximum atomic E-state index is 12.6. The molecule has 7 heteroatoms. The van der Waals surface area contributed by atoms with Crippen molar-refractivity contribution in [2.75, 3.05) is 13.2 Å². The molecule has 2 heterocycles. The fraction of sp³-hybridized carbons (Fsp3) is 0.364. The zero-order chi connectivity index (χ0) is 20.8. The molecule has 0 aliphatic carbocycles. The number of benzene rings is 1. The molecule has 0 spiro atoms. The van der Waals surface area contributed by atoms with Gasteiger partial charge in [0.25, 0.3) is 0 Å². The van der Waals surface area contributed by atoms with Crippen LogP contribution in [0.1, 0.15) is 42.3 Å². The number of ether oxygens (including phenoxy) is 1. The third-order valence-corrected chi connectivity index (χ3v) is 5.95. The fourth-order valence-electron chi connectivity index (χ4n) is 3.52. The summed E-state index contributed by atoms with van der Waals surface area (Å²) < 4.78 is 5.26. The van der Waals surface area contributed by atoms with Crippen LogP contribution in [0.5, 0.6) is 0 Å². The van der Waals surface area contributed by atoms with Crippen LogP contribution < -0.4 is 16.0 Å². The van der Waals surface area contributed by atoms with E-state index in [4.69, 9.17) is 4.74 Å². The van der Waals surface area contributed by atoms with Gasteiger partial charge in [-0.2, -0.15) is 0 Å². The Bertz CT molecular complexity index is 875. The molecule has 0 bridgehead atoms. The van der Waals surface area contributed by atoms with Gasteiger partial charge in [0, 0.05) is 5.56 Å². The minimum absolute atomic E-state index is 0.0819. The van der Waals surface area contributed by atoms with Crippen molar-refractivity contribution in [3.05, 3.63) is 69.1 Å². The van der Waals surface area contributed by atoms with Crippen LogP contribution in [-0.2, 0) is 9.53 Å². The van der Waals surface area contributed by atoms with Gasteiger partial charge in [-0.25, -0.2) is 9.59 Å². The summed E-state index contributed by atoms with van der Waals surface area (Å²) in [7, 11) is 0. The Labute approximate surface area is 175 Å². The van der Waals surface area contributed by atoms with Gasteiger partial charge in [0.15, 0.2) is 0 Å². The second-order valence-corrected chi connectivity index (χ2v) is 7.99. The van der Waals surface area contributed by atoms with Gasteiger partial charge >= 0.3 is 12.0 Å². The predicted octanol–water partition coefficient (Wildman–Crippen LogP) is 2.62. The Morgan fingerprint density at radius 1 is 1.24 bits per heavy atom. The molecular formula is C22H28N3O3S+. The molecule has 4 N–H and O–H groups in total. The summed E-state index contributed by atoms with van der Waals surface area (Å²) in [4.78, 5) is 25.9. The quantitative estimate of drug-likeness (QED) is 0.581. The van der Waals surface area contributed by atoms with E-state index in [-0.39, 0.29) is 24.1 Å². The van der Waals surface area contributed by atoms with Crippen molar-refractivity contribution < 1.29 is 19.6 Å². The number of hydrogen-bond acceptors (Lipinski definition) is 4. The molecule has 0 saturated carbocycles. The van der Waals surface area contributed by atoms with E-state index in [1.807, 2.05) is 13.0 Å². The minimum atomic E-state index is -0.377. The van der Waals surface area contributed by atoms with E-state index in [1.54, 1.807) is 18.3 Å². The predicted molar refractivity (Wildman–Crippen MR) is 114 cm³/mol. The van der Waals surface area contributed by atoms with E-state index in [0.717, 1.165) is 0 Å². The third-order valence-electron chi connectivity index (χ3n) is 4.99. The number of hydrogen-bond donors (Lipinski definition) is 3. The first-order valence-corrected chi connectivity index (χ1v) is 10.8. The molecule has 2 atom stereocenters. The Hall–Kier alpha value is -2.64. The highest BCUT2D eigenvalue weighted by Gasteiger charge is 2.33. The van der Waals surface area contributed by atoms with Gasteiger partial charge < -0.3 is 20.7 Å². The number of aryl methyl sites for hydroxylation is 1. The number of carbonyl (C=O) groups excluding carboxylic acids is 2. The number of carbonyl (C=O) groups is 2. The van der Waals surface area contributed by atoms with Crippen LogP contribution in [0, 0.1) is 6.92 Å². The number of esters is 1. The molecule has 0 saturated heterocycles. The van der Waals surface area contributed by atoms with Gasteiger partial charge in [-0.15, -0.1) is 11.3 Å². The third kappa shape index (κ3) is 5.05. The molecule has 1 aliphatic heterocycles. The molecule has 2 amide bonds. The van der Waals surface area contributed by atoms with Crippen molar-refractivity contribution in [3.8, 4) is 0 Å². The number of thiophene rings is 1. The zero-order valence-electron chi connectivity index (χ0n) is 17.0. The molecule has 154 valence electrons. The van der Waals surface area contributed by atoms with Crippen LogP contribution in [0.2, 0.25) is 0 Å². The summed E-state index contributed by atoms with van der Waals surface area (Å²) in [5, 5.41) is 9.87. The lowest BCUT2D eigenvalue weighted by Gasteiger charge is -2.28. The molecule has 1 aliphatic rings. The second kappa shape index (κ2) is 9.71. The molecule has 0 unspecified atom stereocenters. The van der Waals surface area contributed by atoms with Gasteiger partial charge in [-0.05, 0) is 31.7 Å². The van der Waals surface area contributed by atoms with Gasteiger partial charge in [0.1, 0.15) is 12.6 Å². The lowest BCUT2D eigenvalue weighted by molar-refractivity contribution is -0.680. The normalized spacial score (nSPS) is 17.5. The van der Waals surface area contributed by atoms with E-state index < -0.39 is 0 Å². The molecular weight excluding hydrogens is 386 g/mol. The van der Waals surface area contributed by atoms with Crippen molar-refractivity contribution in [3.63, 3.8) is 0 Å². The number of quaternary nitrogens is 1. The highest BCUT2D eigenvalue weighted by atomic mass is 32.1. The highest BCUT2D eigenvalue weighted by Crippen LogP contribution is 2.23. The standard InChI is InChI=1S/C22H27N3O3S/c1-4-16-19(21(26)28-5-2)17(25-22(27)24-16)13-23-20(18-7-6-12-29-18)15-10-8-14(3)9-11-15/h6-12,16,20,23H,4-5,13H2,1-3H3,(H2,24,25,27)/p+1/t16-,20+/m1/s1. The summed E-state index contributed by atoms with van der Waals surface area (Å²) >= 11 is 1.70. The Morgan fingerprint density at radius 2 is 2.00 bits per heavy atom. The Balaban J connectivity index is 1.90. The van der Waals surface area contributed by atoms with E-state index >= 15 is 0 Å². The molecule has 6 nitrogen and oxygen atoms in total. The van der Waals surface area contributed by atoms with Crippen LogP contribution in [0.3, 0.4) is 0 Å². The van der Waals surface area contributed by atoms with Gasteiger partial charge in [-0.3, -0.25) is 0 Å². The van der Waals surface area contributed by atoms with Crippen LogP contribution in [-0.4, -0.2) is 31.2 Å². The summed E-state index contributed by atoms with van der Waals surface area (Å²) in [6.45, 7) is 6.56. The number of nitrogens with one attached hydrogen (secondary N) is 2. The van der Waals surface area contributed by atoms with Crippen LogP contribution >= 0.6 is 11.3 Å². The van der Waals surface area contributed by atoms with E-state index in [2.05, 4.69) is 58.6 Å². The number of amides is 2. The maximum absolute atomic E-state index is 12.6. The largest absolute Gasteiger partial charge is 0.463 e. The summed E-state index contributed by atoms with van der Waals surface area (Å²) in [5.74, 6) is -0.377. The first-order chi connectivity index (χ1) is 14.0. The molecule has 2 aromatic rings. The highest BCUT2D eigenvalue weighted by molar-refractivity contribution is 7.10. The lowest BCUT2D eigenvalue weighted by atomic mass is 9.99. The summed E-state index contributed by atoms with van der Waals surface area (Å²) in [5.41, 5.74) is 3.53. The molecule has 3 rings (SSSR count). The lowest BCUT2D eigenvalue weighted by Crippen LogP contribution is -2.86. The number of urea groups is 1. The SMILES string of the molecule is CCOC(=O)C1=C(C[NH2+][C@@H](c2ccc(C)cc2)c2cccs2)NC(=O)N[C@@H]1CC.